The number of carbonyl (C=O) groups is 2. The van der Waals surface area contributed by atoms with Gasteiger partial charge in [-0.1, -0.05) is 12.1 Å². The predicted octanol–water partition coefficient (Wildman–Crippen LogP) is 2.55. The molecule has 1 aromatic carbocycles. The number of rotatable bonds is 7. The van der Waals surface area contributed by atoms with Gasteiger partial charge in [0.05, 0.1) is 25.2 Å². The molecule has 1 saturated heterocycles. The van der Waals surface area contributed by atoms with E-state index in [9.17, 15) is 9.59 Å². The SMILES string of the molecule is CC(C)(C(=O)c1ccc(SCCC(=O)O)cc1)N1CCOCC1. The average Bonchev–Trinajstić information content (AvgIpc) is 2.55. The molecule has 0 aromatic heterocycles. The van der Waals surface area contributed by atoms with Crippen LogP contribution in [-0.2, 0) is 9.53 Å². The van der Waals surface area contributed by atoms with Gasteiger partial charge in [0.15, 0.2) is 5.78 Å². The maximum absolute atomic E-state index is 12.8. The van der Waals surface area contributed by atoms with Gasteiger partial charge in [-0.3, -0.25) is 14.5 Å². The van der Waals surface area contributed by atoms with Gasteiger partial charge in [-0.2, -0.15) is 0 Å². The molecule has 1 N–H and O–H groups in total. The minimum atomic E-state index is -0.795. The Bertz CT molecular complexity index is 550. The van der Waals surface area contributed by atoms with Gasteiger partial charge in [0, 0.05) is 29.3 Å². The zero-order chi connectivity index (χ0) is 16.9. The highest BCUT2D eigenvalue weighted by atomic mass is 32.2. The van der Waals surface area contributed by atoms with E-state index in [0.717, 1.165) is 18.0 Å². The Morgan fingerprint density at radius 3 is 2.39 bits per heavy atom. The van der Waals surface area contributed by atoms with Crippen molar-refractivity contribution in [2.45, 2.75) is 30.7 Å². The summed E-state index contributed by atoms with van der Waals surface area (Å²) in [6, 6.07) is 7.42. The molecule has 0 unspecified atom stereocenters. The second-order valence-corrected chi connectivity index (χ2v) is 7.17. The lowest BCUT2D eigenvalue weighted by Gasteiger charge is -2.39. The third kappa shape index (κ3) is 4.80. The molecule has 1 aromatic rings. The maximum Gasteiger partial charge on any atom is 0.304 e. The van der Waals surface area contributed by atoms with Gasteiger partial charge in [0.1, 0.15) is 0 Å². The monoisotopic (exact) mass is 337 g/mol. The van der Waals surface area contributed by atoms with Crippen LogP contribution in [0.3, 0.4) is 0 Å². The van der Waals surface area contributed by atoms with Crippen LogP contribution >= 0.6 is 11.8 Å². The Morgan fingerprint density at radius 2 is 1.83 bits per heavy atom. The number of morpholine rings is 1. The maximum atomic E-state index is 12.8. The summed E-state index contributed by atoms with van der Waals surface area (Å²) in [7, 11) is 0. The highest BCUT2D eigenvalue weighted by molar-refractivity contribution is 7.99. The van der Waals surface area contributed by atoms with Crippen LogP contribution in [0.15, 0.2) is 29.2 Å². The second-order valence-electron chi connectivity index (χ2n) is 6.00. The number of hydrogen-bond donors (Lipinski definition) is 1. The largest absolute Gasteiger partial charge is 0.481 e. The number of carbonyl (C=O) groups excluding carboxylic acids is 1. The fraction of sp³-hybridized carbons (Fsp3) is 0.529. The van der Waals surface area contributed by atoms with Gasteiger partial charge in [-0.25, -0.2) is 0 Å². The molecule has 0 aliphatic carbocycles. The van der Waals surface area contributed by atoms with Gasteiger partial charge in [0.25, 0.3) is 0 Å². The fourth-order valence-corrected chi connectivity index (χ4v) is 3.42. The molecule has 0 bridgehead atoms. The number of aliphatic carboxylic acids is 1. The molecule has 2 rings (SSSR count). The van der Waals surface area contributed by atoms with E-state index in [4.69, 9.17) is 9.84 Å². The molecular formula is C17H23NO4S. The van der Waals surface area contributed by atoms with Gasteiger partial charge >= 0.3 is 5.97 Å². The van der Waals surface area contributed by atoms with Crippen LogP contribution in [0.25, 0.3) is 0 Å². The van der Waals surface area contributed by atoms with Crippen molar-refractivity contribution in [2.24, 2.45) is 0 Å². The zero-order valence-corrected chi connectivity index (χ0v) is 14.4. The lowest BCUT2D eigenvalue weighted by Crippen LogP contribution is -2.54. The summed E-state index contributed by atoms with van der Waals surface area (Å²) < 4.78 is 5.35. The first kappa shape index (κ1) is 18.0. The van der Waals surface area contributed by atoms with Crippen molar-refractivity contribution in [1.29, 1.82) is 0 Å². The highest BCUT2D eigenvalue weighted by Gasteiger charge is 2.35. The first-order chi connectivity index (χ1) is 10.9. The molecule has 6 heteroatoms. The van der Waals surface area contributed by atoms with Gasteiger partial charge in [-0.05, 0) is 26.0 Å². The van der Waals surface area contributed by atoms with Crippen molar-refractivity contribution in [2.75, 3.05) is 32.1 Å². The van der Waals surface area contributed by atoms with Crippen LogP contribution < -0.4 is 0 Å². The quantitative estimate of drug-likeness (QED) is 0.609. The normalized spacial score (nSPS) is 16.3. The number of ether oxygens (including phenoxy) is 1. The Hall–Kier alpha value is -1.37. The summed E-state index contributed by atoms with van der Waals surface area (Å²) in [5, 5.41) is 8.65. The van der Waals surface area contributed by atoms with Crippen molar-refractivity contribution in [3.8, 4) is 0 Å². The molecule has 23 heavy (non-hydrogen) atoms. The third-order valence-corrected chi connectivity index (χ3v) is 5.07. The zero-order valence-electron chi connectivity index (χ0n) is 13.6. The smallest absolute Gasteiger partial charge is 0.304 e. The van der Waals surface area contributed by atoms with Gasteiger partial charge in [0.2, 0.25) is 0 Å². The average molecular weight is 337 g/mol. The Labute approximate surface area is 141 Å². The van der Waals surface area contributed by atoms with E-state index < -0.39 is 11.5 Å². The Kier molecular flexibility index (Phi) is 6.21. The first-order valence-corrected chi connectivity index (χ1v) is 8.72. The van der Waals surface area contributed by atoms with Crippen LogP contribution in [0.5, 0.6) is 0 Å². The summed E-state index contributed by atoms with van der Waals surface area (Å²) in [5.74, 6) is -0.167. The molecule has 5 nitrogen and oxygen atoms in total. The number of carboxylic acid groups (broad SMARTS) is 1. The Balaban J connectivity index is 2.00. The van der Waals surface area contributed by atoms with E-state index in [2.05, 4.69) is 4.90 Å². The van der Waals surface area contributed by atoms with E-state index in [1.54, 1.807) is 0 Å². The number of hydrogen-bond acceptors (Lipinski definition) is 5. The van der Waals surface area contributed by atoms with E-state index in [1.165, 1.54) is 11.8 Å². The van der Waals surface area contributed by atoms with Gasteiger partial charge < -0.3 is 9.84 Å². The lowest BCUT2D eigenvalue weighted by atomic mass is 9.91. The third-order valence-electron chi connectivity index (χ3n) is 4.06. The summed E-state index contributed by atoms with van der Waals surface area (Å²) in [6.07, 6.45) is 0.134. The number of thioether (sulfide) groups is 1. The standard InChI is InChI=1S/C17H23NO4S/c1-17(2,18-8-10-22-11-9-18)16(21)13-3-5-14(6-4-13)23-12-7-15(19)20/h3-6H,7-12H2,1-2H3,(H,19,20). The van der Waals surface area contributed by atoms with Crippen LogP contribution in [0.4, 0.5) is 0 Å². The highest BCUT2D eigenvalue weighted by Crippen LogP contribution is 2.24. The second kappa shape index (κ2) is 7.95. The van der Waals surface area contributed by atoms with Crippen LogP contribution in [0.1, 0.15) is 30.6 Å². The molecule has 0 spiro atoms. The number of benzene rings is 1. The fourth-order valence-electron chi connectivity index (χ4n) is 2.58. The molecule has 126 valence electrons. The van der Waals surface area contributed by atoms with E-state index in [0.29, 0.717) is 24.5 Å². The van der Waals surface area contributed by atoms with Crippen molar-refractivity contribution in [3.05, 3.63) is 29.8 Å². The van der Waals surface area contributed by atoms with Crippen LogP contribution in [-0.4, -0.2) is 59.4 Å². The summed E-state index contributed by atoms with van der Waals surface area (Å²) in [6.45, 7) is 6.77. The molecule has 0 saturated carbocycles. The molecular weight excluding hydrogens is 314 g/mol. The molecule has 0 radical (unpaired) electrons. The molecule has 0 amide bonds. The van der Waals surface area contributed by atoms with Crippen molar-refractivity contribution in [1.82, 2.24) is 4.90 Å². The van der Waals surface area contributed by atoms with Gasteiger partial charge in [-0.15, -0.1) is 11.8 Å². The predicted molar refractivity (Wildman–Crippen MR) is 90.2 cm³/mol. The number of ketones is 1. The molecule has 1 aliphatic rings. The van der Waals surface area contributed by atoms with E-state index in [-0.39, 0.29) is 12.2 Å². The minimum absolute atomic E-state index is 0.0986. The number of nitrogens with zero attached hydrogens (tertiary/aromatic N) is 1. The number of carboxylic acids is 1. The molecule has 0 atom stereocenters. The van der Waals surface area contributed by atoms with Crippen molar-refractivity contribution in [3.63, 3.8) is 0 Å². The lowest BCUT2D eigenvalue weighted by molar-refractivity contribution is -0.136. The summed E-state index contributed by atoms with van der Waals surface area (Å²) in [5.41, 5.74) is 0.131. The van der Waals surface area contributed by atoms with Crippen molar-refractivity contribution >= 4 is 23.5 Å². The summed E-state index contributed by atoms with van der Waals surface area (Å²) >= 11 is 1.49. The minimum Gasteiger partial charge on any atom is -0.481 e. The molecule has 1 fully saturated rings. The Morgan fingerprint density at radius 1 is 1.22 bits per heavy atom. The first-order valence-electron chi connectivity index (χ1n) is 7.73. The summed E-state index contributed by atoms with van der Waals surface area (Å²) in [4.78, 5) is 26.5. The van der Waals surface area contributed by atoms with Crippen LogP contribution in [0, 0.1) is 0 Å². The van der Waals surface area contributed by atoms with Crippen molar-refractivity contribution < 1.29 is 19.4 Å². The molecule has 1 heterocycles. The molecule has 1 aliphatic heterocycles. The van der Waals surface area contributed by atoms with E-state index in [1.807, 2.05) is 38.1 Å². The topological polar surface area (TPSA) is 66.8 Å². The van der Waals surface area contributed by atoms with Crippen LogP contribution in [0.2, 0.25) is 0 Å². The van der Waals surface area contributed by atoms with E-state index >= 15 is 0 Å². The number of Topliss-reactive ketones (excluding diaryl/α,β-unsaturated/α-hetero) is 1.